The van der Waals surface area contributed by atoms with Crippen LogP contribution in [0, 0.1) is 11.3 Å². The second-order valence-corrected chi connectivity index (χ2v) is 2.26. The van der Waals surface area contributed by atoms with E-state index in [1.54, 1.807) is 12.1 Å². The fraction of sp³-hybridized carbons (Fsp3) is 0.125. The Morgan fingerprint density at radius 3 is 3.15 bits per heavy atom. The quantitative estimate of drug-likeness (QED) is 0.711. The SMILES string of the molecule is N#CCc1ncccc1NC(=O)O. The van der Waals surface area contributed by atoms with Crippen molar-refractivity contribution in [1.29, 1.82) is 5.26 Å². The Bertz CT molecular complexity index is 357. The number of nitriles is 1. The lowest BCUT2D eigenvalue weighted by molar-refractivity contribution is 0.209. The van der Waals surface area contributed by atoms with Gasteiger partial charge in [-0.15, -0.1) is 0 Å². The summed E-state index contributed by atoms with van der Waals surface area (Å²) in [7, 11) is 0. The number of carboxylic acid groups (broad SMARTS) is 1. The third kappa shape index (κ3) is 2.45. The standard InChI is InChI=1S/C8H7N3O2/c9-4-3-6-7(11-8(12)13)2-1-5-10-6/h1-2,5,11H,3H2,(H,12,13). The molecule has 1 aromatic rings. The summed E-state index contributed by atoms with van der Waals surface area (Å²) in [5.41, 5.74) is 0.795. The van der Waals surface area contributed by atoms with Crippen LogP contribution in [0.5, 0.6) is 0 Å². The highest BCUT2D eigenvalue weighted by molar-refractivity contribution is 5.83. The van der Waals surface area contributed by atoms with Crippen molar-refractivity contribution in [3.63, 3.8) is 0 Å². The number of nitrogens with one attached hydrogen (secondary N) is 1. The molecular formula is C8H7N3O2. The molecule has 1 rings (SSSR count). The summed E-state index contributed by atoms with van der Waals surface area (Å²) < 4.78 is 0. The number of hydrogen-bond acceptors (Lipinski definition) is 3. The van der Waals surface area contributed by atoms with Crippen molar-refractivity contribution in [3.8, 4) is 6.07 Å². The fourth-order valence-corrected chi connectivity index (χ4v) is 0.883. The molecule has 13 heavy (non-hydrogen) atoms. The Balaban J connectivity index is 2.92. The molecule has 1 aromatic heterocycles. The Labute approximate surface area is 74.6 Å². The summed E-state index contributed by atoms with van der Waals surface area (Å²) in [5, 5.41) is 19.0. The van der Waals surface area contributed by atoms with Crippen molar-refractivity contribution in [3.05, 3.63) is 24.0 Å². The van der Waals surface area contributed by atoms with Crippen molar-refractivity contribution in [2.24, 2.45) is 0 Å². The maximum Gasteiger partial charge on any atom is 0.409 e. The molecule has 0 bridgehead atoms. The molecule has 1 amide bonds. The van der Waals surface area contributed by atoms with Crippen LogP contribution in [0.1, 0.15) is 5.69 Å². The first-order chi connectivity index (χ1) is 6.24. The number of amides is 1. The lowest BCUT2D eigenvalue weighted by Gasteiger charge is -2.03. The van der Waals surface area contributed by atoms with E-state index < -0.39 is 6.09 Å². The van der Waals surface area contributed by atoms with Gasteiger partial charge in [0, 0.05) is 6.20 Å². The van der Waals surface area contributed by atoms with E-state index in [1.807, 2.05) is 6.07 Å². The Morgan fingerprint density at radius 2 is 2.54 bits per heavy atom. The van der Waals surface area contributed by atoms with E-state index in [-0.39, 0.29) is 6.42 Å². The van der Waals surface area contributed by atoms with Crippen LogP contribution in [-0.4, -0.2) is 16.2 Å². The molecule has 1 heterocycles. The van der Waals surface area contributed by atoms with Gasteiger partial charge in [0.2, 0.25) is 0 Å². The molecule has 0 fully saturated rings. The first-order valence-electron chi connectivity index (χ1n) is 3.55. The van der Waals surface area contributed by atoms with E-state index in [2.05, 4.69) is 10.3 Å². The summed E-state index contributed by atoms with van der Waals surface area (Å²) in [6, 6.07) is 5.07. The van der Waals surface area contributed by atoms with Gasteiger partial charge in [-0.05, 0) is 12.1 Å². The predicted molar refractivity (Wildman–Crippen MR) is 45.2 cm³/mol. The normalized spacial score (nSPS) is 8.85. The van der Waals surface area contributed by atoms with E-state index in [9.17, 15) is 4.79 Å². The zero-order chi connectivity index (χ0) is 9.68. The summed E-state index contributed by atoms with van der Waals surface area (Å²) in [4.78, 5) is 14.2. The van der Waals surface area contributed by atoms with Gasteiger partial charge in [0.05, 0.1) is 23.9 Å². The molecule has 5 nitrogen and oxygen atoms in total. The van der Waals surface area contributed by atoms with E-state index in [4.69, 9.17) is 10.4 Å². The number of aromatic nitrogens is 1. The number of nitrogens with zero attached hydrogens (tertiary/aromatic N) is 2. The predicted octanol–water partition coefficient (Wildman–Crippen LogP) is 1.24. The number of rotatable bonds is 2. The van der Waals surface area contributed by atoms with Crippen LogP contribution < -0.4 is 5.32 Å². The monoisotopic (exact) mass is 177 g/mol. The zero-order valence-electron chi connectivity index (χ0n) is 6.69. The molecule has 5 heteroatoms. The lowest BCUT2D eigenvalue weighted by atomic mass is 10.2. The van der Waals surface area contributed by atoms with Crippen molar-refractivity contribution >= 4 is 11.8 Å². The van der Waals surface area contributed by atoms with Gasteiger partial charge in [-0.25, -0.2) is 4.79 Å². The van der Waals surface area contributed by atoms with E-state index in [1.165, 1.54) is 6.20 Å². The maximum atomic E-state index is 10.3. The highest BCUT2D eigenvalue weighted by Gasteiger charge is 2.04. The summed E-state index contributed by atoms with van der Waals surface area (Å²) in [6.07, 6.45) is 0.447. The lowest BCUT2D eigenvalue weighted by Crippen LogP contribution is -2.09. The summed E-state index contributed by atoms with van der Waals surface area (Å²) >= 11 is 0. The second-order valence-electron chi connectivity index (χ2n) is 2.26. The van der Waals surface area contributed by atoms with Gasteiger partial charge in [0.25, 0.3) is 0 Å². The van der Waals surface area contributed by atoms with Crippen molar-refractivity contribution < 1.29 is 9.90 Å². The van der Waals surface area contributed by atoms with Crippen LogP contribution in [0.3, 0.4) is 0 Å². The molecule has 0 unspecified atom stereocenters. The van der Waals surface area contributed by atoms with Gasteiger partial charge in [-0.2, -0.15) is 5.26 Å². The number of anilines is 1. The molecule has 0 aromatic carbocycles. The Hall–Kier alpha value is -2.09. The van der Waals surface area contributed by atoms with Crippen LogP contribution in [0.15, 0.2) is 18.3 Å². The smallest absolute Gasteiger partial charge is 0.409 e. The van der Waals surface area contributed by atoms with Gasteiger partial charge in [-0.3, -0.25) is 10.3 Å². The molecule has 0 aliphatic heterocycles. The Morgan fingerprint density at radius 1 is 1.77 bits per heavy atom. The molecular weight excluding hydrogens is 170 g/mol. The minimum atomic E-state index is -1.16. The van der Waals surface area contributed by atoms with Crippen molar-refractivity contribution in [1.82, 2.24) is 4.98 Å². The van der Waals surface area contributed by atoms with E-state index in [0.717, 1.165) is 0 Å². The molecule has 66 valence electrons. The van der Waals surface area contributed by atoms with Crippen LogP contribution in [-0.2, 0) is 6.42 Å². The molecule has 0 aliphatic rings. The fourth-order valence-electron chi connectivity index (χ4n) is 0.883. The van der Waals surface area contributed by atoms with Gasteiger partial charge >= 0.3 is 6.09 Å². The largest absolute Gasteiger partial charge is 0.465 e. The molecule has 0 saturated carbocycles. The van der Waals surface area contributed by atoms with Crippen molar-refractivity contribution in [2.75, 3.05) is 5.32 Å². The molecule has 0 spiro atoms. The van der Waals surface area contributed by atoms with Gasteiger partial charge < -0.3 is 5.11 Å². The number of hydrogen-bond donors (Lipinski definition) is 2. The number of carbonyl (C=O) groups is 1. The van der Waals surface area contributed by atoms with Crippen LogP contribution in [0.2, 0.25) is 0 Å². The first-order valence-corrected chi connectivity index (χ1v) is 3.55. The minimum Gasteiger partial charge on any atom is -0.465 e. The molecule has 2 N–H and O–H groups in total. The Kier molecular flexibility index (Phi) is 2.82. The van der Waals surface area contributed by atoms with Gasteiger partial charge in [0.1, 0.15) is 0 Å². The second kappa shape index (κ2) is 4.07. The van der Waals surface area contributed by atoms with E-state index in [0.29, 0.717) is 11.4 Å². The van der Waals surface area contributed by atoms with Crippen LogP contribution in [0.4, 0.5) is 10.5 Å². The van der Waals surface area contributed by atoms with Gasteiger partial charge in [-0.1, -0.05) is 0 Å². The highest BCUT2D eigenvalue weighted by atomic mass is 16.4. The molecule has 0 radical (unpaired) electrons. The van der Waals surface area contributed by atoms with Gasteiger partial charge in [0.15, 0.2) is 0 Å². The third-order valence-corrected chi connectivity index (χ3v) is 1.38. The molecule has 0 aliphatic carbocycles. The average Bonchev–Trinajstić information content (AvgIpc) is 2.08. The topological polar surface area (TPSA) is 86.0 Å². The zero-order valence-corrected chi connectivity index (χ0v) is 6.69. The van der Waals surface area contributed by atoms with E-state index >= 15 is 0 Å². The van der Waals surface area contributed by atoms with Crippen molar-refractivity contribution in [2.45, 2.75) is 6.42 Å². The molecule has 0 saturated heterocycles. The maximum absolute atomic E-state index is 10.3. The number of pyridine rings is 1. The average molecular weight is 177 g/mol. The minimum absolute atomic E-state index is 0.0937. The third-order valence-electron chi connectivity index (χ3n) is 1.38. The highest BCUT2D eigenvalue weighted by Crippen LogP contribution is 2.11. The first kappa shape index (κ1) is 9.00. The summed E-state index contributed by atoms with van der Waals surface area (Å²) in [6.45, 7) is 0. The summed E-state index contributed by atoms with van der Waals surface area (Å²) in [5.74, 6) is 0. The van der Waals surface area contributed by atoms with Crippen LogP contribution >= 0.6 is 0 Å². The van der Waals surface area contributed by atoms with Crippen LogP contribution in [0.25, 0.3) is 0 Å². The molecule has 0 atom stereocenters.